The molecule has 0 spiro atoms. The average Bonchev–Trinajstić information content (AvgIpc) is 2.75. The van der Waals surface area contributed by atoms with E-state index < -0.39 is 0 Å². The summed E-state index contributed by atoms with van der Waals surface area (Å²) < 4.78 is 9.47. The van der Waals surface area contributed by atoms with Crippen LogP contribution in [-0.2, 0) is 6.42 Å². The van der Waals surface area contributed by atoms with Gasteiger partial charge in [-0.05, 0) is 6.92 Å². The topological polar surface area (TPSA) is 104 Å². The molecule has 0 saturated carbocycles. The monoisotopic (exact) mass is 231 g/mol. The lowest BCUT2D eigenvalue weighted by atomic mass is 10.3. The van der Waals surface area contributed by atoms with Crippen LogP contribution in [0.25, 0.3) is 0 Å². The molecule has 0 amide bonds. The van der Waals surface area contributed by atoms with Crippen molar-refractivity contribution in [3.8, 4) is 0 Å². The first-order valence-electron chi connectivity index (χ1n) is 4.09. The number of nitrogens with zero attached hydrogens (tertiary/aromatic N) is 4. The Morgan fingerprint density at radius 2 is 2.20 bits per heavy atom. The normalized spacial score (nSPS) is 12.1. The van der Waals surface area contributed by atoms with E-state index in [9.17, 15) is 0 Å². The smallest absolute Gasteiger partial charge is 0.243 e. The van der Waals surface area contributed by atoms with E-state index in [-0.39, 0.29) is 18.4 Å². The fraction of sp³-hybridized carbons (Fsp3) is 0.429. The fourth-order valence-corrected chi connectivity index (χ4v) is 0.936. The molecule has 2 aromatic heterocycles. The van der Waals surface area contributed by atoms with Crippen LogP contribution in [0.4, 0.5) is 0 Å². The van der Waals surface area contributed by atoms with Gasteiger partial charge in [0.15, 0.2) is 11.6 Å². The lowest BCUT2D eigenvalue weighted by molar-refractivity contribution is 0.357. The maximum atomic E-state index is 5.55. The van der Waals surface area contributed by atoms with Crippen LogP contribution in [0.1, 0.15) is 30.5 Å². The Hall–Kier alpha value is -1.47. The third-order valence-corrected chi connectivity index (χ3v) is 1.60. The Morgan fingerprint density at radius 3 is 2.73 bits per heavy atom. The van der Waals surface area contributed by atoms with Crippen LogP contribution in [0.5, 0.6) is 0 Å². The summed E-state index contributed by atoms with van der Waals surface area (Å²) in [5, 5.41) is 7.35. The predicted octanol–water partition coefficient (Wildman–Crippen LogP) is 0.485. The highest BCUT2D eigenvalue weighted by Crippen LogP contribution is 2.07. The second-order valence-corrected chi connectivity index (χ2v) is 2.86. The Labute approximate surface area is 91.4 Å². The Kier molecular flexibility index (Phi) is 3.75. The molecule has 82 valence electrons. The van der Waals surface area contributed by atoms with Gasteiger partial charge in [-0.15, -0.1) is 12.4 Å². The van der Waals surface area contributed by atoms with Crippen molar-refractivity contribution < 1.29 is 9.05 Å². The number of rotatable bonds is 3. The van der Waals surface area contributed by atoms with Gasteiger partial charge in [0.05, 0.1) is 12.5 Å². The number of halogens is 1. The van der Waals surface area contributed by atoms with Gasteiger partial charge in [0, 0.05) is 0 Å². The molecule has 0 radical (unpaired) electrons. The summed E-state index contributed by atoms with van der Waals surface area (Å²) >= 11 is 0. The average molecular weight is 232 g/mol. The van der Waals surface area contributed by atoms with Crippen LogP contribution in [0, 0.1) is 0 Å². The highest BCUT2D eigenvalue weighted by molar-refractivity contribution is 5.85. The van der Waals surface area contributed by atoms with Crippen molar-refractivity contribution in [2.75, 3.05) is 0 Å². The first-order valence-corrected chi connectivity index (χ1v) is 4.09. The van der Waals surface area contributed by atoms with Gasteiger partial charge in [0.25, 0.3) is 0 Å². The summed E-state index contributed by atoms with van der Waals surface area (Å²) in [7, 11) is 0. The Balaban J connectivity index is 0.00000112. The third-order valence-electron chi connectivity index (χ3n) is 1.60. The van der Waals surface area contributed by atoms with Crippen molar-refractivity contribution in [3.63, 3.8) is 0 Å². The van der Waals surface area contributed by atoms with Crippen LogP contribution in [0.2, 0.25) is 0 Å². The first-order chi connectivity index (χ1) is 6.75. The van der Waals surface area contributed by atoms with Crippen LogP contribution in [0.3, 0.4) is 0 Å². The summed E-state index contributed by atoms with van der Waals surface area (Å²) in [5.74, 6) is 1.42. The molecule has 2 heterocycles. The molecule has 0 aromatic carbocycles. The molecule has 15 heavy (non-hydrogen) atoms. The SMILES string of the molecule is C[C@H](N)c1nc(Cc2ncon2)no1.Cl. The van der Waals surface area contributed by atoms with Gasteiger partial charge in [-0.2, -0.15) is 9.97 Å². The van der Waals surface area contributed by atoms with Crippen LogP contribution in [0.15, 0.2) is 15.4 Å². The van der Waals surface area contributed by atoms with Crippen LogP contribution >= 0.6 is 12.4 Å². The predicted molar refractivity (Wildman–Crippen MR) is 51.3 cm³/mol. The van der Waals surface area contributed by atoms with Crippen LogP contribution in [-0.4, -0.2) is 20.3 Å². The van der Waals surface area contributed by atoms with E-state index in [1.54, 1.807) is 6.92 Å². The van der Waals surface area contributed by atoms with E-state index >= 15 is 0 Å². The number of hydrogen-bond acceptors (Lipinski definition) is 7. The van der Waals surface area contributed by atoms with Crippen molar-refractivity contribution >= 4 is 12.4 Å². The second kappa shape index (κ2) is 4.85. The zero-order valence-corrected chi connectivity index (χ0v) is 8.77. The zero-order valence-electron chi connectivity index (χ0n) is 7.95. The lowest BCUT2D eigenvalue weighted by Gasteiger charge is -1.92. The highest BCUT2D eigenvalue weighted by atomic mass is 35.5. The van der Waals surface area contributed by atoms with E-state index in [4.69, 9.17) is 10.3 Å². The van der Waals surface area contributed by atoms with E-state index in [0.29, 0.717) is 24.0 Å². The summed E-state index contributed by atoms with van der Waals surface area (Å²) in [4.78, 5) is 7.90. The summed E-state index contributed by atoms with van der Waals surface area (Å²) in [6.07, 6.45) is 1.63. The van der Waals surface area contributed by atoms with Crippen molar-refractivity contribution in [2.45, 2.75) is 19.4 Å². The Morgan fingerprint density at radius 1 is 1.40 bits per heavy atom. The molecule has 0 saturated heterocycles. The third kappa shape index (κ3) is 2.74. The molecule has 2 N–H and O–H groups in total. The van der Waals surface area contributed by atoms with E-state index in [1.165, 1.54) is 6.39 Å². The second-order valence-electron chi connectivity index (χ2n) is 2.86. The van der Waals surface area contributed by atoms with Gasteiger partial charge in [0.2, 0.25) is 12.3 Å². The highest BCUT2D eigenvalue weighted by Gasteiger charge is 2.11. The molecule has 0 fully saturated rings. The molecule has 0 aliphatic heterocycles. The molecule has 1 atom stereocenters. The Bertz CT molecular complexity index is 399. The first kappa shape index (κ1) is 11.6. The standard InChI is InChI=1S/C7H9N5O2.ClH/c1-4(8)7-10-6(12-14-7)2-5-9-3-13-11-5;/h3-4H,2,8H2,1H3;1H/t4-;/m0./s1. The summed E-state index contributed by atoms with van der Waals surface area (Å²) in [6, 6.07) is -0.262. The minimum absolute atomic E-state index is 0. The minimum Gasteiger partial charge on any atom is -0.343 e. The molecule has 7 nitrogen and oxygen atoms in total. The summed E-state index contributed by atoms with van der Waals surface area (Å²) in [5.41, 5.74) is 5.55. The summed E-state index contributed by atoms with van der Waals surface area (Å²) in [6.45, 7) is 1.77. The van der Waals surface area contributed by atoms with E-state index in [0.717, 1.165) is 0 Å². The molecule has 2 aromatic rings. The molecule has 8 heteroatoms. The van der Waals surface area contributed by atoms with Gasteiger partial charge in [0.1, 0.15) is 0 Å². The number of aromatic nitrogens is 4. The van der Waals surface area contributed by atoms with Crippen molar-refractivity contribution in [1.29, 1.82) is 0 Å². The molecule has 0 aliphatic rings. The molecular weight excluding hydrogens is 222 g/mol. The number of nitrogens with two attached hydrogens (primary N) is 1. The minimum atomic E-state index is -0.262. The largest absolute Gasteiger partial charge is 0.343 e. The maximum absolute atomic E-state index is 5.55. The van der Waals surface area contributed by atoms with E-state index in [2.05, 4.69) is 24.8 Å². The van der Waals surface area contributed by atoms with Crippen molar-refractivity contribution in [1.82, 2.24) is 20.3 Å². The fourth-order valence-electron chi connectivity index (χ4n) is 0.936. The van der Waals surface area contributed by atoms with Gasteiger partial charge in [-0.3, -0.25) is 0 Å². The van der Waals surface area contributed by atoms with Gasteiger partial charge < -0.3 is 14.8 Å². The maximum Gasteiger partial charge on any atom is 0.243 e. The van der Waals surface area contributed by atoms with Crippen molar-refractivity contribution in [3.05, 3.63) is 23.9 Å². The zero-order chi connectivity index (χ0) is 9.97. The number of hydrogen-bond donors (Lipinski definition) is 1. The molecule has 0 unspecified atom stereocenters. The van der Waals surface area contributed by atoms with Crippen molar-refractivity contribution in [2.24, 2.45) is 5.73 Å². The quantitative estimate of drug-likeness (QED) is 0.819. The molecular formula is C7H10ClN5O2. The van der Waals surface area contributed by atoms with Crippen LogP contribution < -0.4 is 5.73 Å². The molecule has 0 aliphatic carbocycles. The lowest BCUT2D eigenvalue weighted by Crippen LogP contribution is -2.05. The molecule has 2 rings (SSSR count). The van der Waals surface area contributed by atoms with Gasteiger partial charge >= 0.3 is 0 Å². The van der Waals surface area contributed by atoms with E-state index in [1.807, 2.05) is 0 Å². The van der Waals surface area contributed by atoms with Gasteiger partial charge in [-0.1, -0.05) is 10.3 Å². The van der Waals surface area contributed by atoms with Gasteiger partial charge in [-0.25, -0.2) is 0 Å². The molecule has 0 bridgehead atoms.